The molecule has 1 rings (SSSR count). The van der Waals surface area contributed by atoms with Gasteiger partial charge in [-0.1, -0.05) is 12.1 Å². The van der Waals surface area contributed by atoms with Crippen LogP contribution in [0.15, 0.2) is 24.3 Å². The van der Waals surface area contributed by atoms with Crippen LogP contribution in [-0.4, -0.2) is 62.3 Å². The number of benzene rings is 1. The number of carboxylic acid groups (broad SMARTS) is 1. The third-order valence-electron chi connectivity index (χ3n) is 3.48. The summed E-state index contributed by atoms with van der Waals surface area (Å²) in [5.41, 5.74) is 0.968. The average molecular weight is 337 g/mol. The third-order valence-corrected chi connectivity index (χ3v) is 3.48. The second-order valence-electron chi connectivity index (χ2n) is 6.85. The molecule has 24 heavy (non-hydrogen) atoms. The van der Waals surface area contributed by atoms with E-state index in [0.717, 1.165) is 23.0 Å². The molecule has 0 aliphatic carbocycles. The van der Waals surface area contributed by atoms with Crippen molar-refractivity contribution in [2.75, 3.05) is 40.8 Å². The molecule has 1 aromatic carbocycles. The van der Waals surface area contributed by atoms with Crippen molar-refractivity contribution >= 4 is 11.9 Å². The molecular weight excluding hydrogens is 308 g/mol. The van der Waals surface area contributed by atoms with E-state index in [2.05, 4.69) is 26.5 Å². The molecule has 0 aliphatic rings. The third kappa shape index (κ3) is 9.84. The van der Waals surface area contributed by atoms with Crippen molar-refractivity contribution in [2.24, 2.45) is 0 Å². The minimum Gasteiger partial charge on any atom is -0.492 e. The first-order valence-electron chi connectivity index (χ1n) is 8.27. The van der Waals surface area contributed by atoms with Crippen LogP contribution in [0.3, 0.4) is 0 Å². The van der Waals surface area contributed by atoms with E-state index < -0.39 is 5.97 Å². The number of rotatable bonds is 11. The Bertz CT molecular complexity index is 521. The Morgan fingerprint density at radius 2 is 1.79 bits per heavy atom. The van der Waals surface area contributed by atoms with Crippen LogP contribution in [0.25, 0.3) is 0 Å². The lowest BCUT2D eigenvalue weighted by Gasteiger charge is -2.23. The van der Waals surface area contributed by atoms with E-state index in [1.807, 2.05) is 24.3 Å². The summed E-state index contributed by atoms with van der Waals surface area (Å²) < 4.78 is 6.42. The predicted octanol–water partition coefficient (Wildman–Crippen LogP) is 1.69. The number of carbonyl (C=O) groups excluding carboxylic acids is 1. The van der Waals surface area contributed by atoms with Crippen molar-refractivity contribution in [3.63, 3.8) is 0 Å². The van der Waals surface area contributed by atoms with Crippen molar-refractivity contribution in [1.29, 1.82) is 0 Å². The summed E-state index contributed by atoms with van der Waals surface area (Å²) in [5, 5.41) is 11.5. The molecule has 0 atom stereocenters. The van der Waals surface area contributed by atoms with Gasteiger partial charge >= 0.3 is 5.97 Å². The molecule has 0 spiro atoms. The highest BCUT2D eigenvalue weighted by molar-refractivity contribution is 5.75. The zero-order chi connectivity index (χ0) is 18.0. The molecule has 0 saturated heterocycles. The van der Waals surface area contributed by atoms with Gasteiger partial charge in [0.1, 0.15) is 12.4 Å². The van der Waals surface area contributed by atoms with Crippen molar-refractivity contribution < 1.29 is 23.9 Å². The topological polar surface area (TPSA) is 75.6 Å². The molecular formula is C18H29N2O4+. The van der Waals surface area contributed by atoms with Crippen LogP contribution < -0.4 is 10.1 Å². The van der Waals surface area contributed by atoms with E-state index in [-0.39, 0.29) is 12.3 Å². The van der Waals surface area contributed by atoms with Gasteiger partial charge in [0.15, 0.2) is 0 Å². The molecule has 0 saturated carbocycles. The van der Waals surface area contributed by atoms with E-state index in [4.69, 9.17) is 9.84 Å². The van der Waals surface area contributed by atoms with E-state index >= 15 is 0 Å². The maximum absolute atomic E-state index is 11.7. The van der Waals surface area contributed by atoms with E-state index in [1.165, 1.54) is 0 Å². The first-order valence-corrected chi connectivity index (χ1v) is 8.27. The first-order chi connectivity index (χ1) is 11.3. The summed E-state index contributed by atoms with van der Waals surface area (Å²) in [4.78, 5) is 22.2. The fourth-order valence-corrected chi connectivity index (χ4v) is 2.17. The highest BCUT2D eigenvalue weighted by Gasteiger charge is 2.08. The van der Waals surface area contributed by atoms with Gasteiger partial charge in [-0.05, 0) is 24.1 Å². The molecule has 0 aromatic heterocycles. The minimum absolute atomic E-state index is 0.0519. The van der Waals surface area contributed by atoms with Gasteiger partial charge < -0.3 is 19.6 Å². The van der Waals surface area contributed by atoms with Crippen molar-refractivity contribution in [1.82, 2.24) is 5.32 Å². The molecule has 0 fully saturated rings. The van der Waals surface area contributed by atoms with Gasteiger partial charge in [-0.25, -0.2) is 0 Å². The monoisotopic (exact) mass is 337 g/mol. The maximum Gasteiger partial charge on any atom is 0.303 e. The molecule has 6 nitrogen and oxygen atoms in total. The summed E-state index contributed by atoms with van der Waals surface area (Å²) in [5.74, 6) is -0.0306. The fourth-order valence-electron chi connectivity index (χ4n) is 2.17. The number of carboxylic acids is 1. The Balaban J connectivity index is 2.16. The second kappa shape index (κ2) is 9.93. The lowest BCUT2D eigenvalue weighted by molar-refractivity contribution is -0.870. The van der Waals surface area contributed by atoms with Gasteiger partial charge in [0.05, 0.1) is 34.2 Å². The largest absolute Gasteiger partial charge is 0.492 e. The van der Waals surface area contributed by atoms with Gasteiger partial charge in [0, 0.05) is 19.3 Å². The van der Waals surface area contributed by atoms with Gasteiger partial charge in [-0.2, -0.15) is 0 Å². The number of nitrogens with zero attached hydrogens (tertiary/aromatic N) is 1. The summed E-state index contributed by atoms with van der Waals surface area (Å²) in [6, 6.07) is 7.36. The number of carbonyl (C=O) groups is 2. The molecule has 0 radical (unpaired) electrons. The van der Waals surface area contributed by atoms with E-state index in [9.17, 15) is 9.59 Å². The standard InChI is InChI=1S/C18H28N2O4/c1-20(2,3)13-4-5-17(21)19-12-14-24-16-9-6-15(7-10-16)8-11-18(22)23/h6-7,9-10H,4-5,8,11-14H2,1-3H3,(H-,19,21,22,23)/p+1. The molecule has 0 unspecified atom stereocenters. The van der Waals surface area contributed by atoms with Crippen molar-refractivity contribution in [3.8, 4) is 5.75 Å². The van der Waals surface area contributed by atoms with Crippen LogP contribution in [-0.2, 0) is 16.0 Å². The molecule has 6 heteroatoms. The van der Waals surface area contributed by atoms with Crippen LogP contribution in [0, 0.1) is 0 Å². The Morgan fingerprint density at radius 1 is 1.12 bits per heavy atom. The molecule has 1 amide bonds. The molecule has 134 valence electrons. The van der Waals surface area contributed by atoms with Crippen molar-refractivity contribution in [2.45, 2.75) is 25.7 Å². The van der Waals surface area contributed by atoms with Crippen LogP contribution >= 0.6 is 0 Å². The zero-order valence-electron chi connectivity index (χ0n) is 14.9. The highest BCUT2D eigenvalue weighted by atomic mass is 16.5. The summed E-state index contributed by atoms with van der Waals surface area (Å²) in [6.45, 7) is 1.86. The van der Waals surface area contributed by atoms with Gasteiger partial charge in [0.25, 0.3) is 0 Å². The van der Waals surface area contributed by atoms with Crippen LogP contribution in [0.1, 0.15) is 24.8 Å². The quantitative estimate of drug-likeness (QED) is 0.476. The summed E-state index contributed by atoms with van der Waals surface area (Å²) in [6.07, 6.45) is 2.04. The predicted molar refractivity (Wildman–Crippen MR) is 93.0 cm³/mol. The number of nitrogens with one attached hydrogen (secondary N) is 1. The number of hydrogen-bond acceptors (Lipinski definition) is 3. The fraction of sp³-hybridized carbons (Fsp3) is 0.556. The van der Waals surface area contributed by atoms with Crippen molar-refractivity contribution in [3.05, 3.63) is 29.8 Å². The Kier molecular flexibility index (Phi) is 8.26. The number of ether oxygens (including phenoxy) is 1. The number of quaternary nitrogens is 1. The van der Waals surface area contributed by atoms with Gasteiger partial charge in [-0.3, -0.25) is 9.59 Å². The maximum atomic E-state index is 11.7. The lowest BCUT2D eigenvalue weighted by atomic mass is 10.1. The van der Waals surface area contributed by atoms with Crippen LogP contribution in [0.5, 0.6) is 5.75 Å². The van der Waals surface area contributed by atoms with E-state index in [1.54, 1.807) is 0 Å². The number of aryl methyl sites for hydroxylation is 1. The molecule has 0 bridgehead atoms. The number of aliphatic carboxylic acids is 1. The normalized spacial score (nSPS) is 11.1. The first kappa shape index (κ1) is 20.0. The molecule has 0 aliphatic heterocycles. The highest BCUT2D eigenvalue weighted by Crippen LogP contribution is 2.13. The Morgan fingerprint density at radius 3 is 2.38 bits per heavy atom. The average Bonchev–Trinajstić information content (AvgIpc) is 2.49. The molecule has 2 N–H and O–H groups in total. The van der Waals surface area contributed by atoms with Crippen LogP contribution in [0.2, 0.25) is 0 Å². The number of hydrogen-bond donors (Lipinski definition) is 2. The summed E-state index contributed by atoms with van der Waals surface area (Å²) >= 11 is 0. The smallest absolute Gasteiger partial charge is 0.303 e. The molecule has 1 aromatic rings. The van der Waals surface area contributed by atoms with Gasteiger partial charge in [0.2, 0.25) is 5.91 Å². The minimum atomic E-state index is -0.799. The van der Waals surface area contributed by atoms with Gasteiger partial charge in [-0.15, -0.1) is 0 Å². The number of amides is 1. The molecule has 0 heterocycles. The van der Waals surface area contributed by atoms with Crippen LogP contribution in [0.4, 0.5) is 0 Å². The summed E-state index contributed by atoms with van der Waals surface area (Å²) in [7, 11) is 6.33. The lowest BCUT2D eigenvalue weighted by Crippen LogP contribution is -2.36. The zero-order valence-corrected chi connectivity index (χ0v) is 14.9. The Hall–Kier alpha value is -2.08. The SMILES string of the molecule is C[N+](C)(C)CCCC(=O)NCCOc1ccc(CCC(=O)O)cc1. The Labute approximate surface area is 144 Å². The van der Waals surface area contributed by atoms with E-state index in [0.29, 0.717) is 31.7 Å². The second-order valence-corrected chi connectivity index (χ2v) is 6.85.